The van der Waals surface area contributed by atoms with Gasteiger partial charge in [-0.15, -0.1) is 12.4 Å². The second-order valence-electron chi connectivity index (χ2n) is 4.48. The van der Waals surface area contributed by atoms with E-state index < -0.39 is 17.6 Å². The minimum Gasteiger partial charge on any atom is -0.395 e. The minimum atomic E-state index is -0.981. The van der Waals surface area contributed by atoms with Gasteiger partial charge in [-0.25, -0.2) is 0 Å². The molecule has 1 atom stereocenters. The van der Waals surface area contributed by atoms with Crippen molar-refractivity contribution in [2.45, 2.75) is 13.0 Å². The molecule has 0 aromatic heterocycles. The summed E-state index contributed by atoms with van der Waals surface area (Å²) in [6, 6.07) is 4.68. The Morgan fingerprint density at radius 1 is 1.41 bits per heavy atom. The molecule has 9 heteroatoms. The summed E-state index contributed by atoms with van der Waals surface area (Å²) >= 11 is 0. The van der Waals surface area contributed by atoms with Crippen molar-refractivity contribution < 1.29 is 20.2 Å². The van der Waals surface area contributed by atoms with E-state index in [1.54, 1.807) is 12.1 Å². The molecule has 4 N–H and O–H groups in total. The molecule has 0 fully saturated rings. The minimum absolute atomic E-state index is 0. The van der Waals surface area contributed by atoms with E-state index in [-0.39, 0.29) is 36.9 Å². The fourth-order valence-corrected chi connectivity index (χ4v) is 1.90. The summed E-state index contributed by atoms with van der Waals surface area (Å²) in [4.78, 5) is 12.5. The fraction of sp³-hybridized carbons (Fsp3) is 0.538. The Morgan fingerprint density at radius 2 is 2.09 bits per heavy atom. The number of nitrogens with one attached hydrogen (secondary N) is 1. The highest BCUT2D eigenvalue weighted by Crippen LogP contribution is 2.29. The lowest BCUT2D eigenvalue weighted by Crippen LogP contribution is -2.26. The van der Waals surface area contributed by atoms with Crippen molar-refractivity contribution in [3.05, 3.63) is 28.3 Å². The van der Waals surface area contributed by atoms with Crippen molar-refractivity contribution in [2.75, 3.05) is 43.1 Å². The van der Waals surface area contributed by atoms with E-state index in [9.17, 15) is 15.2 Å². The van der Waals surface area contributed by atoms with Gasteiger partial charge in [0.25, 0.3) is 5.69 Å². The zero-order valence-corrected chi connectivity index (χ0v) is 13.1. The average molecular weight is 336 g/mol. The Balaban J connectivity index is 0.00000441. The maximum absolute atomic E-state index is 11.1. The van der Waals surface area contributed by atoms with Gasteiger partial charge in [-0.2, -0.15) is 0 Å². The van der Waals surface area contributed by atoms with Crippen LogP contribution in [0.4, 0.5) is 17.1 Å². The zero-order chi connectivity index (χ0) is 15.8. The molecule has 0 aliphatic rings. The highest BCUT2D eigenvalue weighted by atomic mass is 35.5. The van der Waals surface area contributed by atoms with Gasteiger partial charge in [0.05, 0.1) is 24.2 Å². The quantitative estimate of drug-likeness (QED) is 0.385. The SMILES string of the molecule is CCN(CCO)c1ccc(NCC(O)CO)c([N+](=O)[O-])c1.Cl. The van der Waals surface area contributed by atoms with E-state index in [4.69, 9.17) is 10.2 Å². The van der Waals surface area contributed by atoms with Crippen molar-refractivity contribution >= 4 is 29.5 Å². The maximum atomic E-state index is 11.1. The van der Waals surface area contributed by atoms with Crippen LogP contribution in [-0.2, 0) is 0 Å². The molecule has 0 heterocycles. The van der Waals surface area contributed by atoms with Crippen LogP contribution in [0.2, 0.25) is 0 Å². The van der Waals surface area contributed by atoms with Gasteiger partial charge < -0.3 is 25.5 Å². The number of rotatable bonds is 9. The summed E-state index contributed by atoms with van der Waals surface area (Å²) in [5.41, 5.74) is 0.803. The van der Waals surface area contributed by atoms with Crippen LogP contribution in [0, 0.1) is 10.1 Å². The van der Waals surface area contributed by atoms with Crippen molar-refractivity contribution in [1.82, 2.24) is 0 Å². The number of likely N-dealkylation sites (N-methyl/N-ethyl adjacent to an activating group) is 1. The molecule has 1 rings (SSSR count). The molecule has 0 aliphatic heterocycles. The number of aliphatic hydroxyl groups is 3. The second kappa shape index (κ2) is 10.2. The van der Waals surface area contributed by atoms with Crippen molar-refractivity contribution in [3.8, 4) is 0 Å². The molecule has 0 radical (unpaired) electrons. The third-order valence-electron chi connectivity index (χ3n) is 3.03. The molecule has 0 saturated carbocycles. The number of nitro groups is 1. The van der Waals surface area contributed by atoms with E-state index in [0.717, 1.165) is 0 Å². The number of nitrogens with zero attached hydrogens (tertiary/aromatic N) is 2. The van der Waals surface area contributed by atoms with Gasteiger partial charge in [0.2, 0.25) is 0 Å². The number of halogens is 1. The number of hydrogen-bond acceptors (Lipinski definition) is 7. The van der Waals surface area contributed by atoms with Crippen molar-refractivity contribution in [3.63, 3.8) is 0 Å². The van der Waals surface area contributed by atoms with Gasteiger partial charge in [-0.05, 0) is 19.1 Å². The highest BCUT2D eigenvalue weighted by Gasteiger charge is 2.17. The molecule has 1 unspecified atom stereocenters. The predicted octanol–water partition coefficient (Wildman–Crippen LogP) is 0.600. The number of nitro benzene ring substituents is 1. The van der Waals surface area contributed by atoms with E-state index >= 15 is 0 Å². The molecule has 1 aromatic carbocycles. The Bertz CT molecular complexity index is 475. The summed E-state index contributed by atoms with van der Waals surface area (Å²) < 4.78 is 0. The van der Waals surface area contributed by atoms with E-state index in [1.165, 1.54) is 6.07 Å². The molecule has 1 aromatic rings. The van der Waals surface area contributed by atoms with Gasteiger partial charge in [-0.3, -0.25) is 10.1 Å². The van der Waals surface area contributed by atoms with E-state index in [0.29, 0.717) is 18.8 Å². The average Bonchev–Trinajstić information content (AvgIpc) is 2.49. The number of aliphatic hydroxyl groups excluding tert-OH is 3. The normalized spacial score (nSPS) is 11.5. The van der Waals surface area contributed by atoms with Gasteiger partial charge in [0.1, 0.15) is 5.69 Å². The smallest absolute Gasteiger partial charge is 0.294 e. The maximum Gasteiger partial charge on any atom is 0.294 e. The van der Waals surface area contributed by atoms with Crippen LogP contribution in [0.25, 0.3) is 0 Å². The Kier molecular flexibility index (Phi) is 9.43. The van der Waals surface area contributed by atoms with Crippen LogP contribution in [-0.4, -0.2) is 59.2 Å². The lowest BCUT2D eigenvalue weighted by molar-refractivity contribution is -0.383. The first kappa shape index (κ1) is 20.4. The molecule has 0 saturated heterocycles. The molecule has 8 nitrogen and oxygen atoms in total. The Hall–Kier alpha value is -1.61. The summed E-state index contributed by atoms with van der Waals surface area (Å²) in [7, 11) is 0. The summed E-state index contributed by atoms with van der Waals surface area (Å²) in [6.07, 6.45) is -0.981. The zero-order valence-electron chi connectivity index (χ0n) is 12.3. The molecule has 22 heavy (non-hydrogen) atoms. The summed E-state index contributed by atoms with van der Waals surface area (Å²) in [5, 5.41) is 40.9. The van der Waals surface area contributed by atoms with Crippen LogP contribution in [0.1, 0.15) is 6.92 Å². The molecule has 0 amide bonds. The predicted molar refractivity (Wildman–Crippen MR) is 86.9 cm³/mol. The van der Waals surface area contributed by atoms with Gasteiger partial charge in [0.15, 0.2) is 0 Å². The van der Waals surface area contributed by atoms with Crippen LogP contribution < -0.4 is 10.2 Å². The second-order valence-corrected chi connectivity index (χ2v) is 4.48. The van der Waals surface area contributed by atoms with Crippen LogP contribution in [0.3, 0.4) is 0 Å². The first-order valence-corrected chi connectivity index (χ1v) is 6.70. The molecular weight excluding hydrogens is 314 g/mol. The van der Waals surface area contributed by atoms with Crippen LogP contribution in [0.15, 0.2) is 18.2 Å². The van der Waals surface area contributed by atoms with Gasteiger partial charge >= 0.3 is 0 Å². The summed E-state index contributed by atoms with van der Waals surface area (Å²) in [6.45, 7) is 2.47. The topological polar surface area (TPSA) is 119 Å². The van der Waals surface area contributed by atoms with Crippen LogP contribution >= 0.6 is 12.4 Å². The standard InChI is InChI=1S/C13H21N3O5.ClH/c1-2-15(5-6-17)10-3-4-12(13(7-10)16(20)21)14-8-11(19)9-18;/h3-4,7,11,14,17-19H,2,5-6,8-9H2,1H3;1H. The molecule has 126 valence electrons. The monoisotopic (exact) mass is 335 g/mol. The fourth-order valence-electron chi connectivity index (χ4n) is 1.90. The molecule has 0 spiro atoms. The molecule has 0 aliphatic carbocycles. The Labute approximate surface area is 134 Å². The first-order chi connectivity index (χ1) is 10.0. The van der Waals surface area contributed by atoms with Gasteiger partial charge in [0, 0.05) is 31.4 Å². The Morgan fingerprint density at radius 3 is 2.59 bits per heavy atom. The first-order valence-electron chi connectivity index (χ1n) is 6.70. The largest absolute Gasteiger partial charge is 0.395 e. The van der Waals surface area contributed by atoms with Crippen molar-refractivity contribution in [2.24, 2.45) is 0 Å². The van der Waals surface area contributed by atoms with Gasteiger partial charge in [-0.1, -0.05) is 0 Å². The number of hydrogen-bond donors (Lipinski definition) is 4. The van der Waals surface area contributed by atoms with Crippen LogP contribution in [0.5, 0.6) is 0 Å². The third kappa shape index (κ3) is 5.64. The third-order valence-corrected chi connectivity index (χ3v) is 3.03. The lowest BCUT2D eigenvalue weighted by Gasteiger charge is -2.22. The number of anilines is 2. The number of benzene rings is 1. The molecular formula is C13H22ClN3O5. The molecule has 0 bridgehead atoms. The van der Waals surface area contributed by atoms with E-state index in [2.05, 4.69) is 5.32 Å². The van der Waals surface area contributed by atoms with E-state index in [1.807, 2.05) is 11.8 Å². The van der Waals surface area contributed by atoms with Crippen molar-refractivity contribution in [1.29, 1.82) is 0 Å². The lowest BCUT2D eigenvalue weighted by atomic mass is 10.2. The highest BCUT2D eigenvalue weighted by molar-refractivity contribution is 5.85. The summed E-state index contributed by atoms with van der Waals surface area (Å²) in [5.74, 6) is 0.